The van der Waals surface area contributed by atoms with E-state index in [1.54, 1.807) is 18.2 Å². The second-order valence-electron chi connectivity index (χ2n) is 2.69. The maximum Gasteiger partial charge on any atom is 0.286 e. The van der Waals surface area contributed by atoms with Crippen molar-refractivity contribution in [2.75, 3.05) is 5.32 Å². The van der Waals surface area contributed by atoms with Crippen molar-refractivity contribution in [1.82, 2.24) is 0 Å². The van der Waals surface area contributed by atoms with Crippen LogP contribution in [0.5, 0.6) is 0 Å². The van der Waals surface area contributed by atoms with E-state index >= 15 is 0 Å². The second-order valence-corrected chi connectivity index (χ2v) is 4.26. The van der Waals surface area contributed by atoms with Crippen molar-refractivity contribution in [3.05, 3.63) is 24.3 Å². The maximum atomic E-state index is 11.5. The largest absolute Gasteiger partial charge is 0.336 e. The number of rotatable bonds is 1. The van der Waals surface area contributed by atoms with Crippen LogP contribution in [-0.4, -0.2) is 20.5 Å². The number of nitrogens with zero attached hydrogens (tertiary/aromatic N) is 1. The molecule has 0 unspecified atom stereocenters. The summed E-state index contributed by atoms with van der Waals surface area (Å²) in [6.07, 6.45) is 0.369. The third-order valence-corrected chi connectivity index (χ3v) is 3.11. The normalized spacial score (nSPS) is 17.6. The van der Waals surface area contributed by atoms with Crippen molar-refractivity contribution >= 4 is 27.8 Å². The molecule has 1 N–H and O–H groups in total. The van der Waals surface area contributed by atoms with Crippen molar-refractivity contribution in [3.63, 3.8) is 0 Å². The predicted octanol–water partition coefficient (Wildman–Crippen LogP) is 0.398. The molecule has 0 spiro atoms. The van der Waals surface area contributed by atoms with Crippen LogP contribution in [0.4, 0.5) is 5.69 Å². The molecule has 0 amide bonds. The monoisotopic (exact) mass is 210 g/mol. The lowest BCUT2D eigenvalue weighted by molar-refractivity contribution is -0.102. The summed E-state index contributed by atoms with van der Waals surface area (Å²) in [5.74, 6) is -0.191. The van der Waals surface area contributed by atoms with Gasteiger partial charge in [0.25, 0.3) is 10.0 Å². The fraction of sp³-hybridized carbons (Fsp3) is 0. The van der Waals surface area contributed by atoms with Crippen LogP contribution in [0.3, 0.4) is 0 Å². The van der Waals surface area contributed by atoms with Crippen LogP contribution in [0.2, 0.25) is 0 Å². The Morgan fingerprint density at radius 2 is 2.00 bits per heavy atom. The SMILES string of the molecule is O=CC1=NS(=O)(=O)c2ccccc2N1. The molecule has 2 rings (SSSR count). The number of benzene rings is 1. The lowest BCUT2D eigenvalue weighted by Crippen LogP contribution is -2.22. The Balaban J connectivity index is 2.69. The Bertz CT molecular complexity index is 519. The van der Waals surface area contributed by atoms with Gasteiger partial charge in [-0.25, -0.2) is 0 Å². The first-order valence-corrected chi connectivity index (χ1v) is 5.24. The Morgan fingerprint density at radius 3 is 2.71 bits per heavy atom. The van der Waals surface area contributed by atoms with Crippen LogP contribution < -0.4 is 5.32 Å². The lowest BCUT2D eigenvalue weighted by Gasteiger charge is -2.14. The minimum atomic E-state index is -3.71. The molecule has 6 heteroatoms. The molecule has 1 aromatic rings. The van der Waals surface area contributed by atoms with Gasteiger partial charge in [-0.1, -0.05) is 12.1 Å². The first kappa shape index (κ1) is 8.89. The molecule has 72 valence electrons. The molecule has 0 radical (unpaired) electrons. The molecular weight excluding hydrogens is 204 g/mol. The molecule has 1 heterocycles. The molecule has 0 atom stereocenters. The molecule has 0 fully saturated rings. The highest BCUT2D eigenvalue weighted by Gasteiger charge is 2.23. The summed E-state index contributed by atoms with van der Waals surface area (Å²) in [4.78, 5) is 10.5. The molecule has 0 bridgehead atoms. The minimum absolute atomic E-state index is 0.0885. The number of hydrogen-bond donors (Lipinski definition) is 1. The fourth-order valence-corrected chi connectivity index (χ4v) is 2.28. The summed E-state index contributed by atoms with van der Waals surface area (Å²) in [5.41, 5.74) is 0.379. The van der Waals surface area contributed by atoms with Gasteiger partial charge in [-0.3, -0.25) is 4.79 Å². The van der Waals surface area contributed by atoms with Gasteiger partial charge in [0, 0.05) is 0 Å². The standard InChI is InChI=1S/C8H6N2O3S/c11-5-8-9-6-3-1-2-4-7(6)14(12,13)10-8/h1-5H,(H,9,10). The number of carbonyl (C=O) groups is 1. The number of carbonyl (C=O) groups excluding carboxylic acids is 1. The van der Waals surface area contributed by atoms with Gasteiger partial charge in [0.05, 0.1) is 5.69 Å². The van der Waals surface area contributed by atoms with E-state index < -0.39 is 10.0 Å². The van der Waals surface area contributed by atoms with Crippen molar-refractivity contribution in [1.29, 1.82) is 0 Å². The highest BCUT2D eigenvalue weighted by atomic mass is 32.2. The Morgan fingerprint density at radius 1 is 1.29 bits per heavy atom. The molecule has 1 aliphatic heterocycles. The van der Waals surface area contributed by atoms with E-state index in [0.717, 1.165) is 0 Å². The first-order chi connectivity index (χ1) is 6.63. The van der Waals surface area contributed by atoms with Gasteiger partial charge in [0.15, 0.2) is 12.1 Å². The van der Waals surface area contributed by atoms with Crippen LogP contribution in [0, 0.1) is 0 Å². The zero-order valence-corrected chi connectivity index (χ0v) is 7.78. The molecule has 0 saturated carbocycles. The minimum Gasteiger partial charge on any atom is -0.336 e. The third kappa shape index (κ3) is 1.29. The van der Waals surface area contributed by atoms with E-state index in [1.165, 1.54) is 6.07 Å². The molecule has 1 aliphatic rings. The Labute approximate surface area is 80.5 Å². The van der Waals surface area contributed by atoms with Gasteiger partial charge < -0.3 is 5.32 Å². The number of amidine groups is 1. The molecule has 14 heavy (non-hydrogen) atoms. The number of fused-ring (bicyclic) bond motifs is 1. The number of aldehydes is 1. The smallest absolute Gasteiger partial charge is 0.286 e. The van der Waals surface area contributed by atoms with Crippen molar-refractivity contribution in [2.45, 2.75) is 4.90 Å². The number of para-hydroxylation sites is 1. The summed E-state index contributed by atoms with van der Waals surface area (Å²) in [6.45, 7) is 0. The van der Waals surface area contributed by atoms with Gasteiger partial charge >= 0.3 is 0 Å². The quantitative estimate of drug-likeness (QED) is 0.680. The van der Waals surface area contributed by atoms with E-state index in [0.29, 0.717) is 12.0 Å². The molecule has 1 aromatic carbocycles. The van der Waals surface area contributed by atoms with E-state index in [9.17, 15) is 13.2 Å². The zero-order chi connectivity index (χ0) is 10.2. The Kier molecular flexibility index (Phi) is 1.85. The van der Waals surface area contributed by atoms with E-state index in [2.05, 4.69) is 9.71 Å². The summed E-state index contributed by atoms with van der Waals surface area (Å²) in [7, 11) is -3.71. The van der Waals surface area contributed by atoms with E-state index in [4.69, 9.17) is 0 Å². The average molecular weight is 210 g/mol. The van der Waals surface area contributed by atoms with E-state index in [1.807, 2.05) is 0 Å². The van der Waals surface area contributed by atoms with Gasteiger partial charge in [-0.05, 0) is 12.1 Å². The molecule has 0 aromatic heterocycles. The predicted molar refractivity (Wildman–Crippen MR) is 50.7 cm³/mol. The molecule has 0 saturated heterocycles. The molecule has 0 aliphatic carbocycles. The van der Waals surface area contributed by atoms with Crippen LogP contribution in [-0.2, 0) is 14.8 Å². The summed E-state index contributed by atoms with van der Waals surface area (Å²) >= 11 is 0. The van der Waals surface area contributed by atoms with Gasteiger partial charge in [-0.15, -0.1) is 4.40 Å². The summed E-state index contributed by atoms with van der Waals surface area (Å²) < 4.78 is 26.2. The topological polar surface area (TPSA) is 75.6 Å². The molecule has 5 nitrogen and oxygen atoms in total. The van der Waals surface area contributed by atoms with Gasteiger partial charge in [-0.2, -0.15) is 8.42 Å². The lowest BCUT2D eigenvalue weighted by atomic mass is 10.3. The number of nitrogens with one attached hydrogen (secondary N) is 1. The maximum absolute atomic E-state index is 11.5. The Hall–Kier alpha value is -1.69. The highest BCUT2D eigenvalue weighted by Crippen LogP contribution is 2.25. The molecular formula is C8H6N2O3S. The van der Waals surface area contributed by atoms with Crippen LogP contribution >= 0.6 is 0 Å². The van der Waals surface area contributed by atoms with Gasteiger partial charge in [0.2, 0.25) is 0 Å². The number of hydrogen-bond acceptors (Lipinski definition) is 4. The van der Waals surface area contributed by atoms with Gasteiger partial charge in [0.1, 0.15) is 4.90 Å². The van der Waals surface area contributed by atoms with Crippen LogP contribution in [0.15, 0.2) is 33.6 Å². The number of anilines is 1. The third-order valence-electron chi connectivity index (χ3n) is 1.76. The average Bonchev–Trinajstić information content (AvgIpc) is 2.17. The van der Waals surface area contributed by atoms with Crippen molar-refractivity contribution in [3.8, 4) is 0 Å². The van der Waals surface area contributed by atoms with Crippen LogP contribution in [0.1, 0.15) is 0 Å². The highest BCUT2D eigenvalue weighted by molar-refractivity contribution is 7.90. The second kappa shape index (κ2) is 2.91. The van der Waals surface area contributed by atoms with Crippen molar-refractivity contribution < 1.29 is 13.2 Å². The summed E-state index contributed by atoms with van der Waals surface area (Å²) in [5, 5.41) is 2.61. The van der Waals surface area contributed by atoms with E-state index in [-0.39, 0.29) is 10.7 Å². The first-order valence-electron chi connectivity index (χ1n) is 3.80. The zero-order valence-electron chi connectivity index (χ0n) is 6.97. The number of sulfonamides is 1. The van der Waals surface area contributed by atoms with Crippen LogP contribution in [0.25, 0.3) is 0 Å². The van der Waals surface area contributed by atoms with Crippen molar-refractivity contribution in [2.24, 2.45) is 4.40 Å². The fourth-order valence-electron chi connectivity index (χ4n) is 1.19. The summed E-state index contributed by atoms with van der Waals surface area (Å²) in [6, 6.07) is 6.28.